The van der Waals surface area contributed by atoms with Crippen LogP contribution in [0.25, 0.3) is 0 Å². The van der Waals surface area contributed by atoms with E-state index in [1.165, 1.54) is 24.2 Å². The van der Waals surface area contributed by atoms with E-state index >= 15 is 0 Å². The van der Waals surface area contributed by atoms with E-state index in [-0.39, 0.29) is 11.8 Å². The Morgan fingerprint density at radius 1 is 0.733 bits per heavy atom. The molecule has 0 bridgehead atoms. The van der Waals surface area contributed by atoms with Gasteiger partial charge in [0.15, 0.2) is 0 Å². The summed E-state index contributed by atoms with van der Waals surface area (Å²) in [4.78, 5) is 25.3. The van der Waals surface area contributed by atoms with E-state index < -0.39 is 5.25 Å². The third-order valence-electron chi connectivity index (χ3n) is 4.61. The molecule has 0 aliphatic heterocycles. The van der Waals surface area contributed by atoms with Gasteiger partial charge in [0.2, 0.25) is 11.8 Å². The van der Waals surface area contributed by atoms with E-state index in [1.807, 2.05) is 78.9 Å². The second kappa shape index (κ2) is 10.1. The highest BCUT2D eigenvalue weighted by Crippen LogP contribution is 2.36. The van der Waals surface area contributed by atoms with Crippen LogP contribution in [0.3, 0.4) is 0 Å². The van der Waals surface area contributed by atoms with Gasteiger partial charge in [-0.15, -0.1) is 11.8 Å². The maximum absolute atomic E-state index is 13.2. The Balaban J connectivity index is 1.78. The van der Waals surface area contributed by atoms with Crippen molar-refractivity contribution >= 4 is 35.0 Å². The number of hydrogen-bond donors (Lipinski definition) is 2. The zero-order chi connectivity index (χ0) is 21.5. The molecule has 1 atom stereocenters. The van der Waals surface area contributed by atoms with Crippen LogP contribution < -0.4 is 10.6 Å². The molecule has 3 aromatic rings. The number of hydrogen-bond acceptors (Lipinski definition) is 3. The topological polar surface area (TPSA) is 58.2 Å². The first-order valence-corrected chi connectivity index (χ1v) is 10.8. The average Bonchev–Trinajstić information content (AvgIpc) is 2.73. The molecule has 2 amide bonds. The van der Waals surface area contributed by atoms with Crippen LogP contribution in [0.5, 0.6) is 0 Å². The van der Waals surface area contributed by atoms with Crippen LogP contribution in [0.4, 0.5) is 11.4 Å². The molecule has 4 nitrogen and oxygen atoms in total. The molecular weight excluding hydrogens is 392 g/mol. The summed E-state index contributed by atoms with van der Waals surface area (Å²) in [5.74, 6) is 0.262. The van der Waals surface area contributed by atoms with Crippen molar-refractivity contribution in [2.24, 2.45) is 0 Å². The zero-order valence-corrected chi connectivity index (χ0v) is 18.2. The second-order valence-corrected chi connectivity index (χ2v) is 8.56. The molecule has 0 saturated carbocycles. The summed E-state index contributed by atoms with van der Waals surface area (Å²) < 4.78 is 0. The Labute approximate surface area is 182 Å². The molecule has 0 fully saturated rings. The zero-order valence-electron chi connectivity index (χ0n) is 17.4. The number of benzene rings is 3. The van der Waals surface area contributed by atoms with Gasteiger partial charge in [0.1, 0.15) is 5.25 Å². The Hall–Kier alpha value is -3.05. The molecule has 0 heterocycles. The van der Waals surface area contributed by atoms with Gasteiger partial charge in [-0.2, -0.15) is 0 Å². The van der Waals surface area contributed by atoms with Crippen LogP contribution in [0.15, 0.2) is 83.8 Å². The molecule has 0 aliphatic carbocycles. The van der Waals surface area contributed by atoms with Gasteiger partial charge in [-0.25, -0.2) is 0 Å². The van der Waals surface area contributed by atoms with E-state index in [0.717, 1.165) is 21.8 Å². The minimum absolute atomic E-state index is 0.0746. The molecule has 154 valence electrons. The maximum Gasteiger partial charge on any atom is 0.242 e. The van der Waals surface area contributed by atoms with Gasteiger partial charge in [0.05, 0.1) is 0 Å². The Morgan fingerprint density at radius 3 is 1.87 bits per heavy atom. The van der Waals surface area contributed by atoms with E-state index in [1.54, 1.807) is 0 Å². The Bertz CT molecular complexity index is 984. The number of nitrogens with one attached hydrogen (secondary N) is 2. The molecule has 0 radical (unpaired) electrons. The van der Waals surface area contributed by atoms with Gasteiger partial charge in [-0.3, -0.25) is 9.59 Å². The molecule has 3 aromatic carbocycles. The fraction of sp³-hybridized carbons (Fsp3) is 0.200. The largest absolute Gasteiger partial charge is 0.326 e. The van der Waals surface area contributed by atoms with Crippen LogP contribution in [0.1, 0.15) is 43.1 Å². The summed E-state index contributed by atoms with van der Waals surface area (Å²) in [6.07, 6.45) is 0. The number of thioether (sulfide) groups is 1. The summed E-state index contributed by atoms with van der Waals surface area (Å²) in [6, 6.07) is 25.2. The number of carbonyl (C=O) groups is 2. The number of carbonyl (C=O) groups excluding carboxylic acids is 2. The first-order chi connectivity index (χ1) is 14.4. The summed E-state index contributed by atoms with van der Waals surface area (Å²) >= 11 is 1.48. The summed E-state index contributed by atoms with van der Waals surface area (Å²) in [7, 11) is 0. The van der Waals surface area contributed by atoms with E-state index in [4.69, 9.17) is 0 Å². The van der Waals surface area contributed by atoms with Gasteiger partial charge < -0.3 is 10.6 Å². The fourth-order valence-corrected chi connectivity index (χ4v) is 4.04. The summed E-state index contributed by atoms with van der Waals surface area (Å²) in [5.41, 5.74) is 3.69. The van der Waals surface area contributed by atoms with Crippen LogP contribution in [0, 0.1) is 0 Å². The predicted molar refractivity (Wildman–Crippen MR) is 125 cm³/mol. The van der Waals surface area contributed by atoms with Crippen LogP contribution >= 0.6 is 11.8 Å². The van der Waals surface area contributed by atoms with E-state index in [2.05, 4.69) is 24.5 Å². The monoisotopic (exact) mass is 418 g/mol. The third-order valence-corrected chi connectivity index (χ3v) is 5.88. The Morgan fingerprint density at radius 2 is 1.30 bits per heavy atom. The standard InChI is InChI=1S/C25H26N2O2S/c1-17(2)19-9-11-22(12-10-19)27-25(29)24(20-7-5-4-6-8-20)30-23-15-13-21(14-16-23)26-18(3)28/h4-17,24H,1-3H3,(H,26,28)(H,27,29). The van der Waals surface area contributed by atoms with Gasteiger partial charge in [0.25, 0.3) is 0 Å². The molecular formula is C25H26N2O2S. The lowest BCUT2D eigenvalue weighted by molar-refractivity contribution is -0.116. The summed E-state index contributed by atoms with van der Waals surface area (Å²) in [5, 5.41) is 5.40. The molecule has 3 rings (SSSR count). The van der Waals surface area contributed by atoms with Gasteiger partial charge in [0, 0.05) is 23.2 Å². The number of anilines is 2. The lowest BCUT2D eigenvalue weighted by Gasteiger charge is -2.18. The highest BCUT2D eigenvalue weighted by atomic mass is 32.2. The van der Waals surface area contributed by atoms with Crippen molar-refractivity contribution in [3.8, 4) is 0 Å². The normalized spacial score (nSPS) is 11.7. The van der Waals surface area contributed by atoms with Crippen LogP contribution in [0.2, 0.25) is 0 Å². The van der Waals surface area contributed by atoms with E-state index in [9.17, 15) is 9.59 Å². The van der Waals surface area contributed by atoms with Crippen LogP contribution in [-0.2, 0) is 9.59 Å². The SMILES string of the molecule is CC(=O)Nc1ccc(SC(C(=O)Nc2ccc(C(C)C)cc2)c2ccccc2)cc1. The quantitative estimate of drug-likeness (QED) is 0.447. The Kier molecular flexibility index (Phi) is 7.31. The van der Waals surface area contributed by atoms with Crippen molar-refractivity contribution < 1.29 is 9.59 Å². The average molecular weight is 419 g/mol. The highest BCUT2D eigenvalue weighted by molar-refractivity contribution is 8.00. The molecule has 5 heteroatoms. The summed E-state index contributed by atoms with van der Waals surface area (Å²) in [6.45, 7) is 5.77. The fourth-order valence-electron chi connectivity index (χ4n) is 3.02. The van der Waals surface area contributed by atoms with Crippen molar-refractivity contribution in [2.45, 2.75) is 36.8 Å². The smallest absolute Gasteiger partial charge is 0.242 e. The first-order valence-electron chi connectivity index (χ1n) is 9.92. The van der Waals surface area contributed by atoms with Crippen molar-refractivity contribution in [1.82, 2.24) is 0 Å². The van der Waals surface area contributed by atoms with Crippen molar-refractivity contribution in [2.75, 3.05) is 10.6 Å². The number of rotatable bonds is 7. The lowest BCUT2D eigenvalue weighted by Crippen LogP contribution is -2.19. The van der Waals surface area contributed by atoms with E-state index in [0.29, 0.717) is 5.92 Å². The molecule has 1 unspecified atom stereocenters. The predicted octanol–water partition coefficient (Wildman–Crippen LogP) is 6.24. The van der Waals surface area contributed by atoms with Gasteiger partial charge in [-0.1, -0.05) is 56.3 Å². The van der Waals surface area contributed by atoms with Crippen molar-refractivity contribution in [3.63, 3.8) is 0 Å². The maximum atomic E-state index is 13.2. The second-order valence-electron chi connectivity index (χ2n) is 7.38. The minimum Gasteiger partial charge on any atom is -0.326 e. The molecule has 30 heavy (non-hydrogen) atoms. The number of amides is 2. The molecule has 0 spiro atoms. The first kappa shape index (κ1) is 21.7. The molecule has 0 aromatic heterocycles. The molecule has 2 N–H and O–H groups in total. The molecule has 0 saturated heterocycles. The highest BCUT2D eigenvalue weighted by Gasteiger charge is 2.22. The lowest BCUT2D eigenvalue weighted by atomic mass is 10.0. The van der Waals surface area contributed by atoms with Crippen molar-refractivity contribution in [3.05, 3.63) is 90.0 Å². The van der Waals surface area contributed by atoms with Gasteiger partial charge >= 0.3 is 0 Å². The molecule has 0 aliphatic rings. The van der Waals surface area contributed by atoms with Gasteiger partial charge in [-0.05, 0) is 53.4 Å². The third kappa shape index (κ3) is 5.97. The minimum atomic E-state index is -0.400. The van der Waals surface area contributed by atoms with Crippen molar-refractivity contribution in [1.29, 1.82) is 0 Å². The van der Waals surface area contributed by atoms with Crippen LogP contribution in [-0.4, -0.2) is 11.8 Å².